The maximum absolute atomic E-state index is 5.97. The van der Waals surface area contributed by atoms with Crippen LogP contribution in [-0.2, 0) is 9.47 Å². The highest BCUT2D eigenvalue weighted by atomic mass is 16.7. The minimum atomic E-state index is -0.460. The maximum Gasteiger partial charge on any atom is 0.217 e. The number of aromatic nitrogens is 2. The average Bonchev–Trinajstić information content (AvgIpc) is 3.08. The van der Waals surface area contributed by atoms with Crippen LogP contribution in [0.25, 0.3) is 22.5 Å². The Labute approximate surface area is 147 Å². The third-order valence-electron chi connectivity index (χ3n) is 4.43. The highest BCUT2D eigenvalue weighted by molar-refractivity contribution is 5.78. The maximum atomic E-state index is 5.97. The van der Waals surface area contributed by atoms with Crippen molar-refractivity contribution in [1.29, 1.82) is 0 Å². The molecular weight excluding hydrogens is 312 g/mol. The number of aromatic amines is 1. The molecule has 2 heterocycles. The lowest BCUT2D eigenvalue weighted by Gasteiger charge is -2.31. The Bertz CT molecular complexity index is 763. The molecule has 0 saturated carbocycles. The summed E-state index contributed by atoms with van der Waals surface area (Å²) in [7, 11) is 0. The van der Waals surface area contributed by atoms with Gasteiger partial charge in [-0.25, -0.2) is 4.98 Å². The summed E-state index contributed by atoms with van der Waals surface area (Å²) in [5.41, 5.74) is 4.07. The van der Waals surface area contributed by atoms with E-state index in [-0.39, 0.29) is 12.2 Å². The van der Waals surface area contributed by atoms with Crippen LogP contribution in [0.2, 0.25) is 0 Å². The van der Waals surface area contributed by atoms with Gasteiger partial charge < -0.3 is 14.5 Å². The molecule has 1 fully saturated rings. The fourth-order valence-electron chi connectivity index (χ4n) is 3.28. The van der Waals surface area contributed by atoms with Crippen LogP contribution in [0, 0.1) is 0 Å². The first-order valence-electron chi connectivity index (χ1n) is 8.72. The second-order valence-electron chi connectivity index (χ2n) is 6.54. The number of imidazole rings is 1. The lowest BCUT2D eigenvalue weighted by Crippen LogP contribution is -2.30. The van der Waals surface area contributed by atoms with Crippen molar-refractivity contribution in [3.8, 4) is 22.5 Å². The van der Waals surface area contributed by atoms with Crippen molar-refractivity contribution >= 4 is 0 Å². The van der Waals surface area contributed by atoms with Crippen molar-refractivity contribution in [3.63, 3.8) is 0 Å². The van der Waals surface area contributed by atoms with E-state index in [0.29, 0.717) is 0 Å². The SMILES string of the molecule is CC1CC(C)OC(c2nc(-c3ccccc3)c(-c3ccccc3)[nH]2)O1. The van der Waals surface area contributed by atoms with Gasteiger partial charge in [-0.3, -0.25) is 0 Å². The van der Waals surface area contributed by atoms with E-state index in [1.807, 2.05) is 36.4 Å². The summed E-state index contributed by atoms with van der Waals surface area (Å²) in [6.07, 6.45) is 0.742. The lowest BCUT2D eigenvalue weighted by molar-refractivity contribution is -0.242. The number of benzene rings is 2. The molecule has 4 nitrogen and oxygen atoms in total. The first kappa shape index (κ1) is 16.1. The highest BCUT2D eigenvalue weighted by Gasteiger charge is 2.29. The number of nitrogens with zero attached hydrogens (tertiary/aromatic N) is 1. The Morgan fingerprint density at radius 2 is 1.40 bits per heavy atom. The van der Waals surface area contributed by atoms with Gasteiger partial charge in [0.25, 0.3) is 0 Å². The van der Waals surface area contributed by atoms with E-state index in [9.17, 15) is 0 Å². The number of hydrogen-bond donors (Lipinski definition) is 1. The summed E-state index contributed by atoms with van der Waals surface area (Å²) < 4.78 is 11.9. The Morgan fingerprint density at radius 3 is 2.00 bits per heavy atom. The van der Waals surface area contributed by atoms with Crippen molar-refractivity contribution in [2.45, 2.75) is 38.8 Å². The Morgan fingerprint density at radius 1 is 0.840 bits per heavy atom. The minimum Gasteiger partial charge on any atom is -0.343 e. The number of ether oxygens (including phenoxy) is 2. The summed E-state index contributed by atoms with van der Waals surface area (Å²) >= 11 is 0. The first-order chi connectivity index (χ1) is 12.2. The van der Waals surface area contributed by atoms with E-state index >= 15 is 0 Å². The second-order valence-corrected chi connectivity index (χ2v) is 6.54. The van der Waals surface area contributed by atoms with Crippen LogP contribution in [0.5, 0.6) is 0 Å². The van der Waals surface area contributed by atoms with E-state index in [2.05, 4.69) is 43.1 Å². The van der Waals surface area contributed by atoms with Gasteiger partial charge in [0.1, 0.15) is 0 Å². The zero-order valence-electron chi connectivity index (χ0n) is 14.5. The van der Waals surface area contributed by atoms with Gasteiger partial charge in [0.2, 0.25) is 6.29 Å². The molecule has 0 radical (unpaired) electrons. The summed E-state index contributed by atoms with van der Waals surface area (Å²) in [6, 6.07) is 20.4. The molecule has 2 unspecified atom stereocenters. The number of hydrogen-bond acceptors (Lipinski definition) is 3. The molecule has 25 heavy (non-hydrogen) atoms. The summed E-state index contributed by atoms with van der Waals surface area (Å²) in [5, 5.41) is 0. The molecule has 0 bridgehead atoms. The predicted octanol–water partition coefficient (Wildman–Crippen LogP) is 4.96. The molecule has 1 aliphatic heterocycles. The molecule has 1 aliphatic rings. The largest absolute Gasteiger partial charge is 0.343 e. The molecule has 3 aromatic rings. The van der Waals surface area contributed by atoms with Crippen LogP contribution in [0.15, 0.2) is 60.7 Å². The molecule has 128 valence electrons. The van der Waals surface area contributed by atoms with E-state index in [4.69, 9.17) is 14.5 Å². The van der Waals surface area contributed by atoms with Crippen LogP contribution in [0.3, 0.4) is 0 Å². The van der Waals surface area contributed by atoms with Crippen LogP contribution in [0.1, 0.15) is 32.4 Å². The normalized spacial score (nSPS) is 23.5. The topological polar surface area (TPSA) is 47.1 Å². The number of H-pyrrole nitrogens is 1. The highest BCUT2D eigenvalue weighted by Crippen LogP contribution is 2.34. The molecule has 1 N–H and O–H groups in total. The monoisotopic (exact) mass is 334 g/mol. The van der Waals surface area contributed by atoms with Crippen molar-refractivity contribution in [2.24, 2.45) is 0 Å². The van der Waals surface area contributed by atoms with Crippen LogP contribution >= 0.6 is 0 Å². The minimum absolute atomic E-state index is 0.152. The standard InChI is InChI=1S/C21H22N2O2/c1-14-13-15(2)25-21(24-14)20-22-18(16-9-5-3-6-10-16)19(23-20)17-11-7-4-8-12-17/h3-12,14-15,21H,13H2,1-2H3,(H,22,23). The Balaban J connectivity index is 1.79. The van der Waals surface area contributed by atoms with Crippen molar-refractivity contribution < 1.29 is 9.47 Å². The molecule has 1 saturated heterocycles. The van der Waals surface area contributed by atoms with E-state index in [1.165, 1.54) is 0 Å². The molecule has 2 aromatic carbocycles. The van der Waals surface area contributed by atoms with E-state index in [1.54, 1.807) is 0 Å². The van der Waals surface area contributed by atoms with Crippen LogP contribution in [-0.4, -0.2) is 22.2 Å². The van der Waals surface area contributed by atoms with E-state index in [0.717, 1.165) is 34.8 Å². The Kier molecular flexibility index (Phi) is 4.38. The molecular formula is C21H22N2O2. The first-order valence-corrected chi connectivity index (χ1v) is 8.72. The number of nitrogens with one attached hydrogen (secondary N) is 1. The predicted molar refractivity (Wildman–Crippen MR) is 97.9 cm³/mol. The molecule has 4 heteroatoms. The van der Waals surface area contributed by atoms with Gasteiger partial charge in [-0.05, 0) is 20.3 Å². The third-order valence-corrected chi connectivity index (χ3v) is 4.43. The zero-order chi connectivity index (χ0) is 17.2. The van der Waals surface area contributed by atoms with Crippen molar-refractivity contribution in [3.05, 3.63) is 66.5 Å². The molecule has 4 rings (SSSR count). The van der Waals surface area contributed by atoms with Gasteiger partial charge in [-0.2, -0.15) is 0 Å². The smallest absolute Gasteiger partial charge is 0.217 e. The second kappa shape index (κ2) is 6.82. The Hall–Kier alpha value is -2.43. The third kappa shape index (κ3) is 3.36. The van der Waals surface area contributed by atoms with Gasteiger partial charge in [0.05, 0.1) is 23.6 Å². The summed E-state index contributed by atoms with van der Waals surface area (Å²) in [5.74, 6) is 0.719. The molecule has 0 spiro atoms. The van der Waals surface area contributed by atoms with Crippen molar-refractivity contribution in [2.75, 3.05) is 0 Å². The van der Waals surface area contributed by atoms with Crippen LogP contribution in [0.4, 0.5) is 0 Å². The van der Waals surface area contributed by atoms with Gasteiger partial charge in [0.15, 0.2) is 5.82 Å². The zero-order valence-corrected chi connectivity index (χ0v) is 14.5. The number of rotatable bonds is 3. The van der Waals surface area contributed by atoms with E-state index < -0.39 is 6.29 Å². The van der Waals surface area contributed by atoms with Gasteiger partial charge in [0, 0.05) is 11.1 Å². The molecule has 0 aliphatic carbocycles. The van der Waals surface area contributed by atoms with Gasteiger partial charge in [-0.1, -0.05) is 60.7 Å². The fraction of sp³-hybridized carbons (Fsp3) is 0.286. The molecule has 0 amide bonds. The summed E-state index contributed by atoms with van der Waals surface area (Å²) in [6.45, 7) is 4.15. The summed E-state index contributed by atoms with van der Waals surface area (Å²) in [4.78, 5) is 8.29. The average molecular weight is 334 g/mol. The quantitative estimate of drug-likeness (QED) is 0.737. The van der Waals surface area contributed by atoms with Crippen LogP contribution < -0.4 is 0 Å². The fourth-order valence-corrected chi connectivity index (χ4v) is 3.28. The van der Waals surface area contributed by atoms with Gasteiger partial charge >= 0.3 is 0 Å². The lowest BCUT2D eigenvalue weighted by atomic mass is 10.1. The van der Waals surface area contributed by atoms with Crippen molar-refractivity contribution in [1.82, 2.24) is 9.97 Å². The molecule has 2 atom stereocenters. The molecule has 1 aromatic heterocycles. The van der Waals surface area contributed by atoms with Gasteiger partial charge in [-0.15, -0.1) is 0 Å².